The summed E-state index contributed by atoms with van der Waals surface area (Å²) in [7, 11) is 0. The lowest BCUT2D eigenvalue weighted by Crippen LogP contribution is -2.32. The highest BCUT2D eigenvalue weighted by Crippen LogP contribution is 2.37. The zero-order chi connectivity index (χ0) is 41.0. The van der Waals surface area contributed by atoms with Crippen LogP contribution in [0.2, 0.25) is 0 Å². The molecule has 0 N–H and O–H groups in total. The van der Waals surface area contributed by atoms with E-state index in [9.17, 15) is 0 Å². The highest BCUT2D eigenvalue weighted by Gasteiger charge is 2.20. The molecule has 0 bridgehead atoms. The molecule has 8 aromatic carbocycles. The Hall–Kier alpha value is -8.08. The van der Waals surface area contributed by atoms with E-state index in [1.165, 1.54) is 71.5 Å². The maximum absolute atomic E-state index is 5.01. The van der Waals surface area contributed by atoms with Gasteiger partial charge in [-0.3, -0.25) is 4.57 Å². The quantitative estimate of drug-likeness (QED) is 0.161. The van der Waals surface area contributed by atoms with Gasteiger partial charge < -0.3 is 4.57 Å². The van der Waals surface area contributed by atoms with Crippen LogP contribution in [0.15, 0.2) is 213 Å². The first-order valence-corrected chi connectivity index (χ1v) is 21.3. The molecular weight excluding hydrogens is 753 g/mol. The van der Waals surface area contributed by atoms with Gasteiger partial charge in [-0.05, 0) is 106 Å². The predicted octanol–water partition coefficient (Wildman–Crippen LogP) is 12.9. The highest BCUT2D eigenvalue weighted by atomic mass is 15.1. The molecule has 0 fully saturated rings. The summed E-state index contributed by atoms with van der Waals surface area (Å²) in [5, 5.41) is 6.14. The topological polar surface area (TPSA) is 35.6 Å². The molecule has 0 saturated heterocycles. The van der Waals surface area contributed by atoms with E-state index >= 15 is 0 Å². The van der Waals surface area contributed by atoms with E-state index in [0.29, 0.717) is 5.95 Å². The van der Waals surface area contributed by atoms with Crippen molar-refractivity contribution in [3.63, 3.8) is 0 Å². The number of nitrogens with zero attached hydrogens (tertiary/aromatic N) is 4. The van der Waals surface area contributed by atoms with Gasteiger partial charge in [-0.15, -0.1) is 0 Å². The monoisotopic (exact) mass is 792 g/mol. The number of benzene rings is 8. The summed E-state index contributed by atoms with van der Waals surface area (Å²) in [5.41, 5.74) is 15.3. The molecule has 3 aromatic heterocycles. The van der Waals surface area contributed by atoms with Gasteiger partial charge in [0.25, 0.3) is 0 Å². The summed E-state index contributed by atoms with van der Waals surface area (Å²) in [4.78, 5) is 10.0. The smallest absolute Gasteiger partial charge is 0.234 e. The minimum Gasteiger partial charge on any atom is -0.309 e. The molecule has 0 radical (unpaired) electrons. The van der Waals surface area contributed by atoms with Crippen molar-refractivity contribution in [2.75, 3.05) is 0 Å². The molecule has 1 aliphatic rings. The fraction of sp³-hybridized carbons (Fsp3) is 0.0345. The second-order valence-electron chi connectivity index (χ2n) is 16.2. The van der Waals surface area contributed by atoms with Gasteiger partial charge in [0.1, 0.15) is 0 Å². The third kappa shape index (κ3) is 6.15. The normalized spacial score (nSPS) is 13.5. The van der Waals surface area contributed by atoms with Crippen molar-refractivity contribution in [2.24, 2.45) is 0 Å². The van der Waals surface area contributed by atoms with Gasteiger partial charge in [0.05, 0.1) is 21.9 Å². The van der Waals surface area contributed by atoms with Crippen molar-refractivity contribution >= 4 is 44.9 Å². The van der Waals surface area contributed by atoms with Crippen LogP contribution >= 0.6 is 0 Å². The lowest BCUT2D eigenvalue weighted by Gasteiger charge is -2.15. The van der Waals surface area contributed by atoms with Gasteiger partial charge in [-0.2, -0.15) is 0 Å². The van der Waals surface area contributed by atoms with E-state index in [-0.39, 0.29) is 5.92 Å². The number of rotatable bonds is 7. The molecule has 1 atom stereocenters. The Morgan fingerprint density at radius 1 is 0.387 bits per heavy atom. The zero-order valence-electron chi connectivity index (χ0n) is 33.9. The van der Waals surface area contributed by atoms with Crippen LogP contribution in [0.4, 0.5) is 0 Å². The van der Waals surface area contributed by atoms with Crippen LogP contribution in [-0.4, -0.2) is 19.1 Å². The van der Waals surface area contributed by atoms with Gasteiger partial charge in [-0.25, -0.2) is 9.97 Å². The molecule has 292 valence electrons. The number of hydrogen-bond acceptors (Lipinski definition) is 2. The molecule has 1 aliphatic carbocycles. The largest absolute Gasteiger partial charge is 0.309 e. The van der Waals surface area contributed by atoms with E-state index < -0.39 is 0 Å². The van der Waals surface area contributed by atoms with Gasteiger partial charge in [0.15, 0.2) is 0 Å². The summed E-state index contributed by atoms with van der Waals surface area (Å²) in [6.45, 7) is 0. The van der Waals surface area contributed by atoms with E-state index in [2.05, 4.69) is 221 Å². The van der Waals surface area contributed by atoms with Crippen molar-refractivity contribution in [1.82, 2.24) is 19.1 Å². The number of para-hydroxylation sites is 3. The summed E-state index contributed by atoms with van der Waals surface area (Å²) in [5.74, 6) is 0.911. The first-order chi connectivity index (χ1) is 30.7. The van der Waals surface area contributed by atoms with E-state index in [1.54, 1.807) is 0 Å². The second-order valence-corrected chi connectivity index (χ2v) is 16.2. The molecule has 4 heteroatoms. The fourth-order valence-corrected chi connectivity index (χ4v) is 9.52. The number of aromatic nitrogens is 4. The van der Waals surface area contributed by atoms with Crippen molar-refractivity contribution in [3.8, 4) is 56.1 Å². The Labute approximate surface area is 359 Å². The first-order valence-electron chi connectivity index (χ1n) is 21.3. The van der Waals surface area contributed by atoms with Crippen molar-refractivity contribution in [2.45, 2.75) is 12.3 Å². The molecule has 0 saturated carbocycles. The van der Waals surface area contributed by atoms with Crippen LogP contribution in [0.1, 0.15) is 17.9 Å². The molecule has 0 amide bonds. The molecule has 0 aliphatic heterocycles. The Balaban J connectivity index is 0.874. The summed E-state index contributed by atoms with van der Waals surface area (Å²) >= 11 is 0. The van der Waals surface area contributed by atoms with E-state index in [1.807, 2.05) is 12.4 Å². The molecule has 3 heterocycles. The first kappa shape index (κ1) is 35.8. The molecule has 62 heavy (non-hydrogen) atoms. The Morgan fingerprint density at radius 2 is 0.887 bits per heavy atom. The summed E-state index contributed by atoms with van der Waals surface area (Å²) < 4.78 is 4.61. The van der Waals surface area contributed by atoms with Crippen LogP contribution < -0.4 is 10.6 Å². The minimum absolute atomic E-state index is 0.238. The molecule has 0 spiro atoms. The summed E-state index contributed by atoms with van der Waals surface area (Å²) in [6.07, 6.45) is 9.64. The number of fused-ring (bicyclic) bond motifs is 6. The molecule has 1 unspecified atom stereocenters. The zero-order valence-corrected chi connectivity index (χ0v) is 33.9. The standard InChI is InChI=1S/C58H40N4/c1-4-14-39(15-5-1)45-32-46(40-16-6-2-7-17-40)34-47(33-45)41-24-26-42(27-25-41)48-37-59-58(60-38-48)62-55-23-13-11-21-51(55)53-36-44(29-31-57(53)62)43-28-30-56-52(35-43)50-20-10-12-22-54(50)61(56)49-18-8-3-9-19-49/h1-28,30-38,44H,29H2. The van der Waals surface area contributed by atoms with Crippen LogP contribution in [0, 0.1) is 0 Å². The molecule has 12 rings (SSSR count). The molecule has 4 nitrogen and oxygen atoms in total. The van der Waals surface area contributed by atoms with E-state index in [4.69, 9.17) is 9.97 Å². The van der Waals surface area contributed by atoms with Crippen molar-refractivity contribution in [1.29, 1.82) is 0 Å². The predicted molar refractivity (Wildman–Crippen MR) is 257 cm³/mol. The summed E-state index contributed by atoms with van der Waals surface area (Å²) in [6, 6.07) is 71.9. The van der Waals surface area contributed by atoms with Crippen molar-refractivity contribution in [3.05, 3.63) is 229 Å². The molecule has 11 aromatic rings. The Morgan fingerprint density at radius 3 is 1.52 bits per heavy atom. The van der Waals surface area contributed by atoms with Crippen molar-refractivity contribution < 1.29 is 0 Å². The average molecular weight is 793 g/mol. The average Bonchev–Trinajstić information content (AvgIpc) is 3.87. The van der Waals surface area contributed by atoms with Gasteiger partial charge in [0.2, 0.25) is 5.95 Å². The minimum atomic E-state index is 0.238. The highest BCUT2D eigenvalue weighted by molar-refractivity contribution is 6.09. The third-order valence-corrected chi connectivity index (χ3v) is 12.6. The van der Waals surface area contributed by atoms with Gasteiger partial charge >= 0.3 is 0 Å². The molecular formula is C58H40N4. The van der Waals surface area contributed by atoms with Gasteiger partial charge in [-0.1, -0.05) is 158 Å². The third-order valence-electron chi connectivity index (χ3n) is 12.6. The maximum Gasteiger partial charge on any atom is 0.234 e. The number of hydrogen-bond donors (Lipinski definition) is 0. The van der Waals surface area contributed by atoms with Gasteiger partial charge in [0, 0.05) is 50.9 Å². The second kappa shape index (κ2) is 14.9. The van der Waals surface area contributed by atoms with Crippen LogP contribution in [0.3, 0.4) is 0 Å². The van der Waals surface area contributed by atoms with Crippen LogP contribution in [0.25, 0.3) is 101 Å². The lowest BCUT2D eigenvalue weighted by molar-refractivity contribution is 0.886. The maximum atomic E-state index is 5.01. The Bertz CT molecular complexity index is 3510. The Kier molecular flexibility index (Phi) is 8.60. The SMILES string of the molecule is C1=c2c(n(-c3ncc(-c4ccc(-c5cc(-c6ccccc6)cc(-c6ccccc6)c5)cc4)cn3)c3ccccc23)=CCC1c1ccc2c(c1)c1ccccc1n2-c1ccccc1. The van der Waals surface area contributed by atoms with Crippen LogP contribution in [0.5, 0.6) is 0 Å². The fourth-order valence-electron chi connectivity index (χ4n) is 9.52. The lowest BCUT2D eigenvalue weighted by atomic mass is 9.90. The van der Waals surface area contributed by atoms with E-state index in [0.717, 1.165) is 34.0 Å². The van der Waals surface area contributed by atoms with Crippen LogP contribution in [-0.2, 0) is 0 Å².